The van der Waals surface area contributed by atoms with Crippen LogP contribution in [0, 0.1) is 13.8 Å². The molecule has 0 bridgehead atoms. The van der Waals surface area contributed by atoms with Crippen molar-refractivity contribution in [1.82, 2.24) is 9.38 Å². The zero-order chi connectivity index (χ0) is 16.3. The van der Waals surface area contributed by atoms with Crippen molar-refractivity contribution < 1.29 is 9.90 Å². The molecule has 6 heteroatoms. The van der Waals surface area contributed by atoms with E-state index < -0.39 is 0 Å². The number of thiazole rings is 1. The number of carbonyl (C=O) groups excluding carboxylic acids is 1. The second-order valence-corrected chi connectivity index (χ2v) is 6.91. The lowest BCUT2D eigenvalue weighted by Crippen LogP contribution is -2.20. The van der Waals surface area contributed by atoms with Gasteiger partial charge in [-0.05, 0) is 38.1 Å². The molecule has 4 rings (SSSR count). The van der Waals surface area contributed by atoms with Gasteiger partial charge in [-0.3, -0.25) is 9.20 Å². The number of benzene rings is 1. The van der Waals surface area contributed by atoms with Gasteiger partial charge in [-0.25, -0.2) is 4.98 Å². The number of anilines is 1. The highest BCUT2D eigenvalue weighted by Gasteiger charge is 2.30. The van der Waals surface area contributed by atoms with E-state index >= 15 is 0 Å². The number of carbonyl (C=O) groups is 1. The Bertz CT molecular complexity index is 997. The monoisotopic (exact) mass is 325 g/mol. The third kappa shape index (κ3) is 1.98. The first-order valence-corrected chi connectivity index (χ1v) is 8.05. The molecule has 2 aromatic heterocycles. The van der Waals surface area contributed by atoms with Crippen LogP contribution in [-0.2, 0) is 4.79 Å². The topological polar surface area (TPSA) is 57.8 Å². The predicted octanol–water partition coefficient (Wildman–Crippen LogP) is 3.24. The molecular formula is C17H15N3O2S. The van der Waals surface area contributed by atoms with Crippen LogP contribution in [0.4, 0.5) is 5.69 Å². The first-order valence-electron chi connectivity index (χ1n) is 7.24. The van der Waals surface area contributed by atoms with Gasteiger partial charge in [-0.15, -0.1) is 11.3 Å². The fourth-order valence-electron chi connectivity index (χ4n) is 2.97. The summed E-state index contributed by atoms with van der Waals surface area (Å²) in [5.41, 5.74) is 3.91. The summed E-state index contributed by atoms with van der Waals surface area (Å²) in [6, 6.07) is 4.99. The molecule has 0 radical (unpaired) electrons. The summed E-state index contributed by atoms with van der Waals surface area (Å²) in [5, 5.41) is 9.77. The van der Waals surface area contributed by atoms with Crippen LogP contribution < -0.4 is 4.90 Å². The summed E-state index contributed by atoms with van der Waals surface area (Å²) in [6.07, 6.45) is 3.89. The minimum atomic E-state index is -0.0769. The lowest BCUT2D eigenvalue weighted by molar-refractivity contribution is -0.112. The van der Waals surface area contributed by atoms with E-state index in [9.17, 15) is 9.90 Å². The Kier molecular flexibility index (Phi) is 2.86. The largest absolute Gasteiger partial charge is 0.508 e. The van der Waals surface area contributed by atoms with E-state index in [0.29, 0.717) is 5.57 Å². The Hall–Kier alpha value is -2.60. The Morgan fingerprint density at radius 3 is 2.87 bits per heavy atom. The SMILES string of the molecule is Cc1cn2c(/C=C3/C(=O)N(C)c4ccc(O)cc43)c(C)nc2s1. The van der Waals surface area contributed by atoms with Crippen molar-refractivity contribution in [2.75, 3.05) is 11.9 Å². The summed E-state index contributed by atoms with van der Waals surface area (Å²) in [4.78, 5) is 20.8. The lowest BCUT2D eigenvalue weighted by atomic mass is 10.1. The third-order valence-corrected chi connectivity index (χ3v) is 5.01. The van der Waals surface area contributed by atoms with Crippen LogP contribution >= 0.6 is 11.3 Å². The number of rotatable bonds is 1. The van der Waals surface area contributed by atoms with Gasteiger partial charge in [0, 0.05) is 23.7 Å². The molecule has 5 nitrogen and oxygen atoms in total. The fraction of sp³-hybridized carbons (Fsp3) is 0.176. The molecule has 116 valence electrons. The van der Waals surface area contributed by atoms with Gasteiger partial charge in [0.2, 0.25) is 0 Å². The van der Waals surface area contributed by atoms with E-state index in [-0.39, 0.29) is 11.7 Å². The van der Waals surface area contributed by atoms with Crippen LogP contribution in [0.25, 0.3) is 16.6 Å². The number of phenols is 1. The van der Waals surface area contributed by atoms with Crippen LogP contribution in [0.1, 0.15) is 21.8 Å². The number of hydrogen-bond donors (Lipinski definition) is 1. The zero-order valence-electron chi connectivity index (χ0n) is 13.0. The zero-order valence-corrected chi connectivity index (χ0v) is 13.8. The highest BCUT2D eigenvalue weighted by molar-refractivity contribution is 7.17. The predicted molar refractivity (Wildman–Crippen MR) is 91.9 cm³/mol. The molecule has 0 aliphatic carbocycles. The fourth-order valence-corrected chi connectivity index (χ4v) is 3.85. The Morgan fingerprint density at radius 1 is 1.30 bits per heavy atom. The number of likely N-dealkylation sites (N-methyl/N-ethyl adjacent to an activating group) is 1. The van der Waals surface area contributed by atoms with Gasteiger partial charge >= 0.3 is 0 Å². The summed E-state index contributed by atoms with van der Waals surface area (Å²) >= 11 is 1.62. The van der Waals surface area contributed by atoms with Crippen LogP contribution in [0.2, 0.25) is 0 Å². The van der Waals surface area contributed by atoms with Crippen molar-refractivity contribution in [3.8, 4) is 5.75 Å². The van der Waals surface area contributed by atoms with E-state index in [4.69, 9.17) is 0 Å². The first-order chi connectivity index (χ1) is 11.0. The van der Waals surface area contributed by atoms with Crippen molar-refractivity contribution >= 4 is 39.5 Å². The highest BCUT2D eigenvalue weighted by Crippen LogP contribution is 2.39. The van der Waals surface area contributed by atoms with E-state index in [1.165, 1.54) is 4.88 Å². The molecule has 1 aromatic carbocycles. The van der Waals surface area contributed by atoms with Crippen molar-refractivity contribution in [2.24, 2.45) is 0 Å². The molecule has 0 spiro atoms. The molecule has 1 aliphatic heterocycles. The Labute approximate surface area is 137 Å². The maximum absolute atomic E-state index is 12.6. The second kappa shape index (κ2) is 4.70. The number of aromatic nitrogens is 2. The van der Waals surface area contributed by atoms with Gasteiger partial charge < -0.3 is 10.0 Å². The number of fused-ring (bicyclic) bond motifs is 2. The van der Waals surface area contributed by atoms with Crippen LogP contribution in [0.5, 0.6) is 5.75 Å². The molecule has 1 amide bonds. The molecule has 1 N–H and O–H groups in total. The van der Waals surface area contributed by atoms with E-state index in [2.05, 4.69) is 4.98 Å². The van der Waals surface area contributed by atoms with E-state index in [0.717, 1.165) is 27.6 Å². The molecule has 0 atom stereocenters. The number of imidazole rings is 1. The molecule has 1 aliphatic rings. The molecule has 23 heavy (non-hydrogen) atoms. The van der Waals surface area contributed by atoms with Gasteiger partial charge in [0.05, 0.1) is 22.6 Å². The van der Waals surface area contributed by atoms with Crippen LogP contribution in [-0.4, -0.2) is 27.4 Å². The summed E-state index contributed by atoms with van der Waals surface area (Å²) in [7, 11) is 1.74. The molecule has 0 unspecified atom stereocenters. The van der Waals surface area contributed by atoms with Crippen molar-refractivity contribution in [3.05, 3.63) is 46.2 Å². The number of aryl methyl sites for hydroxylation is 2. The molecule has 0 fully saturated rings. The van der Waals surface area contributed by atoms with Crippen molar-refractivity contribution in [3.63, 3.8) is 0 Å². The molecule has 0 saturated carbocycles. The van der Waals surface area contributed by atoms with Crippen LogP contribution in [0.15, 0.2) is 24.4 Å². The summed E-state index contributed by atoms with van der Waals surface area (Å²) in [6.45, 7) is 3.97. The lowest BCUT2D eigenvalue weighted by Gasteiger charge is -2.08. The average molecular weight is 325 g/mol. The highest BCUT2D eigenvalue weighted by atomic mass is 32.1. The number of hydrogen-bond acceptors (Lipinski definition) is 4. The van der Waals surface area contributed by atoms with E-state index in [1.54, 1.807) is 41.5 Å². The molecule has 0 saturated heterocycles. The summed E-state index contributed by atoms with van der Waals surface area (Å²) < 4.78 is 2.01. The van der Waals surface area contributed by atoms with E-state index in [1.807, 2.05) is 30.5 Å². The minimum Gasteiger partial charge on any atom is -0.508 e. The number of amides is 1. The Balaban J connectivity index is 1.96. The summed E-state index contributed by atoms with van der Waals surface area (Å²) in [5.74, 6) is 0.0752. The van der Waals surface area contributed by atoms with Gasteiger partial charge in [0.1, 0.15) is 5.75 Å². The number of nitrogens with zero attached hydrogens (tertiary/aromatic N) is 3. The molecule has 3 heterocycles. The second-order valence-electron chi connectivity index (χ2n) is 5.70. The number of phenolic OH excluding ortho intramolecular Hbond substituents is 1. The van der Waals surface area contributed by atoms with Gasteiger partial charge in [0.15, 0.2) is 4.96 Å². The Morgan fingerprint density at radius 2 is 2.09 bits per heavy atom. The first kappa shape index (κ1) is 14.0. The average Bonchev–Trinajstić information content (AvgIpc) is 3.06. The molecular weight excluding hydrogens is 310 g/mol. The van der Waals surface area contributed by atoms with Gasteiger partial charge in [-0.2, -0.15) is 0 Å². The van der Waals surface area contributed by atoms with Crippen molar-refractivity contribution in [1.29, 1.82) is 0 Å². The standard InChI is InChI=1S/C17H15N3O2S/c1-9-8-20-15(10(2)18-17(20)23-9)7-13-12-6-11(21)4-5-14(12)19(3)16(13)22/h4-8,21H,1-3H3/b13-7+. The normalized spacial score (nSPS) is 15.9. The quantitative estimate of drug-likeness (QED) is 0.699. The maximum Gasteiger partial charge on any atom is 0.258 e. The smallest absolute Gasteiger partial charge is 0.258 e. The van der Waals surface area contributed by atoms with Crippen molar-refractivity contribution in [2.45, 2.75) is 13.8 Å². The third-order valence-electron chi connectivity index (χ3n) is 4.11. The number of aromatic hydroxyl groups is 1. The van der Waals surface area contributed by atoms with Crippen LogP contribution in [0.3, 0.4) is 0 Å². The van der Waals surface area contributed by atoms with Gasteiger partial charge in [-0.1, -0.05) is 0 Å². The van der Waals surface area contributed by atoms with Gasteiger partial charge in [0.25, 0.3) is 5.91 Å². The minimum absolute atomic E-state index is 0.0769. The maximum atomic E-state index is 12.6. The molecule has 3 aromatic rings.